The normalized spacial score (nSPS) is 11.3. The van der Waals surface area contributed by atoms with Crippen LogP contribution in [0.5, 0.6) is 0 Å². The van der Waals surface area contributed by atoms with Gasteiger partial charge in [-0.25, -0.2) is 13.8 Å². The lowest BCUT2D eigenvalue weighted by atomic mass is 10.2. The zero-order chi connectivity index (χ0) is 19.6. The number of hydrogen-bond donors (Lipinski definition) is 1. The number of nitrogens with one attached hydrogen (secondary N) is 1. The van der Waals surface area contributed by atoms with Crippen LogP contribution in [0.3, 0.4) is 0 Å². The van der Waals surface area contributed by atoms with Gasteiger partial charge in [0.15, 0.2) is 16.8 Å². The van der Waals surface area contributed by atoms with Crippen LogP contribution in [0.15, 0.2) is 39.6 Å². The van der Waals surface area contributed by atoms with E-state index in [-0.39, 0.29) is 22.9 Å². The molecule has 0 aliphatic rings. The van der Waals surface area contributed by atoms with Crippen molar-refractivity contribution < 1.29 is 13.6 Å². The van der Waals surface area contributed by atoms with Gasteiger partial charge in [0.2, 0.25) is 5.91 Å². The summed E-state index contributed by atoms with van der Waals surface area (Å²) in [5.41, 5.74) is 0.654. The van der Waals surface area contributed by atoms with Gasteiger partial charge >= 0.3 is 0 Å². The molecule has 0 saturated heterocycles. The van der Waals surface area contributed by atoms with Crippen molar-refractivity contribution in [1.29, 1.82) is 0 Å². The Hall–Kier alpha value is -2.26. The first kappa shape index (κ1) is 19.5. The second-order valence-corrected chi connectivity index (χ2v) is 8.16. The molecule has 2 heterocycles. The van der Waals surface area contributed by atoms with Gasteiger partial charge in [-0.3, -0.25) is 14.2 Å². The Morgan fingerprint density at radius 3 is 2.78 bits per heavy atom. The molecule has 0 saturated carbocycles. The van der Waals surface area contributed by atoms with Crippen LogP contribution in [-0.2, 0) is 11.3 Å². The van der Waals surface area contributed by atoms with Crippen LogP contribution < -0.4 is 10.9 Å². The lowest BCUT2D eigenvalue weighted by molar-refractivity contribution is -0.113. The van der Waals surface area contributed by atoms with E-state index in [4.69, 9.17) is 0 Å². The third-order valence-corrected chi connectivity index (χ3v) is 5.48. The molecular weight excluding hydrogens is 392 g/mol. The van der Waals surface area contributed by atoms with E-state index in [1.807, 2.05) is 19.2 Å². The predicted octanol–water partition coefficient (Wildman–Crippen LogP) is 4.12. The molecule has 0 fully saturated rings. The number of aromatic nitrogens is 2. The molecule has 1 aromatic carbocycles. The SMILES string of the molecule is CC(C)Cn1c(SCC(=O)Nc2ccc(F)c(F)c2)nc2ccsc2c1=O. The van der Waals surface area contributed by atoms with Gasteiger partial charge in [0, 0.05) is 18.3 Å². The van der Waals surface area contributed by atoms with E-state index in [0.717, 1.165) is 23.9 Å². The highest BCUT2D eigenvalue weighted by atomic mass is 32.2. The molecule has 3 aromatic rings. The van der Waals surface area contributed by atoms with Crippen LogP contribution in [0.1, 0.15) is 13.8 Å². The van der Waals surface area contributed by atoms with Gasteiger partial charge in [-0.1, -0.05) is 25.6 Å². The van der Waals surface area contributed by atoms with Crippen LogP contribution >= 0.6 is 23.1 Å². The van der Waals surface area contributed by atoms with Crippen molar-refractivity contribution >= 4 is 44.9 Å². The van der Waals surface area contributed by atoms with Gasteiger partial charge in [0.25, 0.3) is 5.56 Å². The molecule has 2 aromatic heterocycles. The van der Waals surface area contributed by atoms with Gasteiger partial charge < -0.3 is 5.32 Å². The van der Waals surface area contributed by atoms with E-state index in [2.05, 4.69) is 10.3 Å². The van der Waals surface area contributed by atoms with E-state index >= 15 is 0 Å². The van der Waals surface area contributed by atoms with Gasteiger partial charge in [-0.2, -0.15) is 0 Å². The number of anilines is 1. The van der Waals surface area contributed by atoms with Crippen molar-refractivity contribution in [3.8, 4) is 0 Å². The average Bonchev–Trinajstić information content (AvgIpc) is 3.07. The Morgan fingerprint density at radius 1 is 1.30 bits per heavy atom. The van der Waals surface area contributed by atoms with Crippen molar-refractivity contribution in [3.05, 3.63) is 51.6 Å². The highest BCUT2D eigenvalue weighted by Gasteiger charge is 2.15. The maximum atomic E-state index is 13.2. The van der Waals surface area contributed by atoms with Gasteiger partial charge in [0.1, 0.15) is 4.70 Å². The second kappa shape index (κ2) is 8.18. The largest absolute Gasteiger partial charge is 0.325 e. The minimum atomic E-state index is -1.03. The summed E-state index contributed by atoms with van der Waals surface area (Å²) in [6, 6.07) is 4.92. The molecule has 0 aliphatic carbocycles. The zero-order valence-electron chi connectivity index (χ0n) is 14.7. The Morgan fingerprint density at radius 2 is 2.07 bits per heavy atom. The fourth-order valence-corrected chi connectivity index (χ4v) is 4.05. The monoisotopic (exact) mass is 409 g/mol. The van der Waals surface area contributed by atoms with E-state index in [1.165, 1.54) is 17.4 Å². The average molecular weight is 409 g/mol. The number of halogens is 2. The van der Waals surface area contributed by atoms with Gasteiger partial charge in [-0.15, -0.1) is 11.3 Å². The quantitative estimate of drug-likeness (QED) is 0.491. The molecule has 0 unspecified atom stereocenters. The van der Waals surface area contributed by atoms with Crippen LogP contribution in [0.4, 0.5) is 14.5 Å². The summed E-state index contributed by atoms with van der Waals surface area (Å²) < 4.78 is 28.4. The molecule has 142 valence electrons. The number of carbonyl (C=O) groups excluding carboxylic acids is 1. The maximum Gasteiger partial charge on any atom is 0.272 e. The molecule has 5 nitrogen and oxygen atoms in total. The Balaban J connectivity index is 1.78. The fraction of sp³-hybridized carbons (Fsp3) is 0.278. The molecule has 1 N–H and O–H groups in total. The molecule has 27 heavy (non-hydrogen) atoms. The summed E-state index contributed by atoms with van der Waals surface area (Å²) >= 11 is 2.47. The van der Waals surface area contributed by atoms with Crippen molar-refractivity contribution in [1.82, 2.24) is 9.55 Å². The summed E-state index contributed by atoms with van der Waals surface area (Å²) in [5.74, 6) is -2.19. The van der Waals surface area contributed by atoms with E-state index in [9.17, 15) is 18.4 Å². The minimum absolute atomic E-state index is 0.0147. The third kappa shape index (κ3) is 4.54. The number of thioether (sulfide) groups is 1. The van der Waals surface area contributed by atoms with E-state index in [0.29, 0.717) is 21.9 Å². The van der Waals surface area contributed by atoms with E-state index in [1.54, 1.807) is 10.6 Å². The molecular formula is C18H17F2N3O2S2. The van der Waals surface area contributed by atoms with Gasteiger partial charge in [0.05, 0.1) is 11.3 Å². The highest BCUT2D eigenvalue weighted by molar-refractivity contribution is 7.99. The number of nitrogens with zero attached hydrogens (tertiary/aromatic N) is 2. The molecule has 3 rings (SSSR count). The summed E-state index contributed by atoms with van der Waals surface area (Å²) in [5, 5.41) is 4.77. The third-order valence-electron chi connectivity index (χ3n) is 3.61. The summed E-state index contributed by atoms with van der Waals surface area (Å²) in [6.45, 7) is 4.48. The van der Waals surface area contributed by atoms with Crippen molar-refractivity contribution in [3.63, 3.8) is 0 Å². The van der Waals surface area contributed by atoms with Crippen LogP contribution in [0.25, 0.3) is 10.2 Å². The minimum Gasteiger partial charge on any atom is -0.325 e. The lowest BCUT2D eigenvalue weighted by Gasteiger charge is -2.13. The number of fused-ring (bicyclic) bond motifs is 1. The highest BCUT2D eigenvalue weighted by Crippen LogP contribution is 2.22. The molecule has 0 spiro atoms. The molecule has 0 bridgehead atoms. The standard InChI is InChI=1S/C18H17F2N3O2S2/c1-10(2)8-23-17(25)16-14(5-6-26-16)22-18(23)27-9-15(24)21-11-3-4-12(19)13(20)7-11/h3-7,10H,8-9H2,1-2H3,(H,21,24). The number of amides is 1. The van der Waals surface area contributed by atoms with Crippen LogP contribution in [-0.4, -0.2) is 21.2 Å². The second-order valence-electron chi connectivity index (χ2n) is 6.30. The lowest BCUT2D eigenvalue weighted by Crippen LogP contribution is -2.25. The number of carbonyl (C=O) groups is 1. The maximum absolute atomic E-state index is 13.2. The Bertz CT molecular complexity index is 1050. The Labute approximate surface area is 162 Å². The first-order valence-electron chi connectivity index (χ1n) is 8.21. The number of benzene rings is 1. The summed E-state index contributed by atoms with van der Waals surface area (Å²) in [4.78, 5) is 29.3. The van der Waals surface area contributed by atoms with E-state index < -0.39 is 17.5 Å². The van der Waals surface area contributed by atoms with Crippen molar-refractivity contribution in [2.24, 2.45) is 5.92 Å². The zero-order valence-corrected chi connectivity index (χ0v) is 16.3. The molecule has 0 radical (unpaired) electrons. The molecule has 1 amide bonds. The topological polar surface area (TPSA) is 64.0 Å². The summed E-state index contributed by atoms with van der Waals surface area (Å²) in [6.07, 6.45) is 0. The number of thiophene rings is 1. The van der Waals surface area contributed by atoms with Crippen LogP contribution in [0.2, 0.25) is 0 Å². The first-order valence-corrected chi connectivity index (χ1v) is 10.1. The predicted molar refractivity (Wildman–Crippen MR) is 104 cm³/mol. The van der Waals surface area contributed by atoms with Crippen LogP contribution in [0, 0.1) is 17.6 Å². The van der Waals surface area contributed by atoms with Crippen molar-refractivity contribution in [2.75, 3.05) is 11.1 Å². The first-order chi connectivity index (χ1) is 12.8. The Kier molecular flexibility index (Phi) is 5.91. The van der Waals surface area contributed by atoms with Gasteiger partial charge in [-0.05, 0) is 29.5 Å². The summed E-state index contributed by atoms with van der Waals surface area (Å²) in [7, 11) is 0. The molecule has 9 heteroatoms. The smallest absolute Gasteiger partial charge is 0.272 e. The fourth-order valence-electron chi connectivity index (χ4n) is 2.46. The number of rotatable bonds is 6. The molecule has 0 aliphatic heterocycles. The molecule has 0 atom stereocenters. The number of hydrogen-bond acceptors (Lipinski definition) is 5. The van der Waals surface area contributed by atoms with Crippen molar-refractivity contribution in [2.45, 2.75) is 25.5 Å².